The van der Waals surface area contributed by atoms with Gasteiger partial charge in [-0.15, -0.1) is 0 Å². The lowest BCUT2D eigenvalue weighted by Crippen LogP contribution is -2.21. The lowest BCUT2D eigenvalue weighted by Gasteiger charge is -2.19. The summed E-state index contributed by atoms with van der Waals surface area (Å²) in [5.74, 6) is 0.181. The number of nitrogens with zero attached hydrogens (tertiary/aromatic N) is 4. The molecular formula is C15H22N4O2. The van der Waals surface area contributed by atoms with Gasteiger partial charge in [-0.05, 0) is 33.0 Å². The Hall–Kier alpha value is -1.92. The lowest BCUT2D eigenvalue weighted by atomic mass is 10.1. The first-order valence-electron chi connectivity index (χ1n) is 7.05. The number of rotatable bonds is 7. The minimum Gasteiger partial charge on any atom is -0.506 e. The van der Waals surface area contributed by atoms with Gasteiger partial charge in [-0.1, -0.05) is 0 Å². The molecule has 0 bridgehead atoms. The Morgan fingerprint density at radius 1 is 1.38 bits per heavy atom. The van der Waals surface area contributed by atoms with Crippen LogP contribution in [0, 0.1) is 6.92 Å². The fraction of sp³-hybridized carbons (Fsp3) is 0.467. The Balaban J connectivity index is 1.93. The molecule has 0 spiro atoms. The quantitative estimate of drug-likeness (QED) is 0.804. The first-order valence-corrected chi connectivity index (χ1v) is 7.05. The standard InChI is InChI=1S/C15H22N4O2/c1-12-15(21)14(13(11-20)9-16-12)10-18(2)6-4-8-19-7-3-5-17-19/h3,5,7,9,20-21H,4,6,8,10-11H2,1-2H3. The monoisotopic (exact) mass is 290 g/mol. The van der Waals surface area contributed by atoms with Crippen molar-refractivity contribution in [3.8, 4) is 5.75 Å². The van der Waals surface area contributed by atoms with Crippen molar-refractivity contribution in [1.29, 1.82) is 0 Å². The predicted molar refractivity (Wildman–Crippen MR) is 79.7 cm³/mol. The van der Waals surface area contributed by atoms with E-state index < -0.39 is 0 Å². The van der Waals surface area contributed by atoms with Gasteiger partial charge < -0.3 is 15.1 Å². The van der Waals surface area contributed by atoms with E-state index in [4.69, 9.17) is 0 Å². The number of hydrogen-bond acceptors (Lipinski definition) is 5. The number of aryl methyl sites for hydroxylation is 2. The van der Waals surface area contributed by atoms with Gasteiger partial charge in [0.25, 0.3) is 0 Å². The largest absolute Gasteiger partial charge is 0.506 e. The molecular weight excluding hydrogens is 268 g/mol. The van der Waals surface area contributed by atoms with Gasteiger partial charge in [0.1, 0.15) is 5.75 Å². The zero-order chi connectivity index (χ0) is 15.2. The van der Waals surface area contributed by atoms with Crippen molar-refractivity contribution in [1.82, 2.24) is 19.7 Å². The highest BCUT2D eigenvalue weighted by atomic mass is 16.3. The molecule has 0 aliphatic carbocycles. The summed E-state index contributed by atoms with van der Waals surface area (Å²) < 4.78 is 1.90. The molecule has 0 saturated carbocycles. The lowest BCUT2D eigenvalue weighted by molar-refractivity contribution is 0.269. The zero-order valence-electron chi connectivity index (χ0n) is 12.5. The van der Waals surface area contributed by atoms with E-state index in [0.29, 0.717) is 17.8 Å². The average molecular weight is 290 g/mol. The molecule has 114 valence electrons. The smallest absolute Gasteiger partial charge is 0.141 e. The Kier molecular flexibility index (Phi) is 5.30. The van der Waals surface area contributed by atoms with Crippen LogP contribution in [0.15, 0.2) is 24.7 Å². The third-order valence-corrected chi connectivity index (χ3v) is 3.51. The van der Waals surface area contributed by atoms with Gasteiger partial charge in [0.05, 0.1) is 12.3 Å². The molecule has 0 aromatic carbocycles. The summed E-state index contributed by atoms with van der Waals surface area (Å²) in [5, 5.41) is 23.7. The molecule has 0 saturated heterocycles. The highest BCUT2D eigenvalue weighted by molar-refractivity contribution is 5.40. The van der Waals surface area contributed by atoms with E-state index in [9.17, 15) is 10.2 Å². The number of aromatic nitrogens is 3. The van der Waals surface area contributed by atoms with Crippen molar-refractivity contribution in [3.63, 3.8) is 0 Å². The molecule has 6 heteroatoms. The topological polar surface area (TPSA) is 74.4 Å². The molecule has 0 atom stereocenters. The molecule has 2 N–H and O–H groups in total. The summed E-state index contributed by atoms with van der Waals surface area (Å²) >= 11 is 0. The van der Waals surface area contributed by atoms with Crippen LogP contribution in [0.5, 0.6) is 5.75 Å². The van der Waals surface area contributed by atoms with Crippen molar-refractivity contribution < 1.29 is 10.2 Å². The molecule has 2 rings (SSSR count). The Morgan fingerprint density at radius 3 is 2.86 bits per heavy atom. The van der Waals surface area contributed by atoms with Crippen LogP contribution in [0.25, 0.3) is 0 Å². The maximum absolute atomic E-state index is 10.1. The Bertz CT molecular complexity index is 569. The molecule has 2 aromatic rings. The molecule has 2 aromatic heterocycles. The number of aliphatic hydroxyl groups excluding tert-OH is 1. The molecule has 6 nitrogen and oxygen atoms in total. The van der Waals surface area contributed by atoms with Crippen molar-refractivity contribution in [2.24, 2.45) is 0 Å². The van der Waals surface area contributed by atoms with Gasteiger partial charge >= 0.3 is 0 Å². The van der Waals surface area contributed by atoms with Crippen LogP contribution in [-0.4, -0.2) is 43.5 Å². The van der Waals surface area contributed by atoms with Crippen LogP contribution >= 0.6 is 0 Å². The average Bonchev–Trinajstić information content (AvgIpc) is 2.97. The summed E-state index contributed by atoms with van der Waals surface area (Å²) in [6.45, 7) is 3.98. The fourth-order valence-electron chi connectivity index (χ4n) is 2.28. The number of aliphatic hydroxyl groups is 1. The second-order valence-electron chi connectivity index (χ2n) is 5.21. The summed E-state index contributed by atoms with van der Waals surface area (Å²) in [7, 11) is 2.00. The van der Waals surface area contributed by atoms with E-state index in [0.717, 1.165) is 25.1 Å². The Morgan fingerprint density at radius 2 is 2.19 bits per heavy atom. The SMILES string of the molecule is Cc1ncc(CO)c(CN(C)CCCn2cccn2)c1O. The third kappa shape index (κ3) is 4.03. The van der Waals surface area contributed by atoms with Gasteiger partial charge in [0, 0.05) is 42.8 Å². The third-order valence-electron chi connectivity index (χ3n) is 3.51. The van der Waals surface area contributed by atoms with E-state index >= 15 is 0 Å². The fourth-order valence-corrected chi connectivity index (χ4v) is 2.28. The van der Waals surface area contributed by atoms with Crippen molar-refractivity contribution >= 4 is 0 Å². The van der Waals surface area contributed by atoms with E-state index in [1.54, 1.807) is 19.3 Å². The van der Waals surface area contributed by atoms with Crippen LogP contribution < -0.4 is 0 Å². The van der Waals surface area contributed by atoms with E-state index in [-0.39, 0.29) is 12.4 Å². The van der Waals surface area contributed by atoms with Crippen LogP contribution in [0.1, 0.15) is 23.2 Å². The second-order valence-corrected chi connectivity index (χ2v) is 5.21. The molecule has 0 unspecified atom stereocenters. The van der Waals surface area contributed by atoms with Gasteiger partial charge in [-0.25, -0.2) is 0 Å². The summed E-state index contributed by atoms with van der Waals surface area (Å²) in [5.41, 5.74) is 2.02. The number of aromatic hydroxyl groups is 1. The second kappa shape index (κ2) is 7.19. The van der Waals surface area contributed by atoms with Crippen LogP contribution in [0.4, 0.5) is 0 Å². The summed E-state index contributed by atoms with van der Waals surface area (Å²) in [6, 6.07) is 1.91. The molecule has 2 heterocycles. The summed E-state index contributed by atoms with van der Waals surface area (Å²) in [6.07, 6.45) is 6.32. The zero-order valence-corrected chi connectivity index (χ0v) is 12.5. The molecule has 0 radical (unpaired) electrons. The molecule has 21 heavy (non-hydrogen) atoms. The van der Waals surface area contributed by atoms with Crippen LogP contribution in [0.2, 0.25) is 0 Å². The van der Waals surface area contributed by atoms with Gasteiger partial charge in [-0.2, -0.15) is 5.10 Å². The molecule has 0 aliphatic rings. The van der Waals surface area contributed by atoms with Crippen molar-refractivity contribution in [2.45, 2.75) is 33.0 Å². The van der Waals surface area contributed by atoms with Crippen LogP contribution in [-0.2, 0) is 19.7 Å². The highest BCUT2D eigenvalue weighted by Crippen LogP contribution is 2.25. The number of pyridine rings is 1. The predicted octanol–water partition coefficient (Wildman–Crippen LogP) is 1.31. The van der Waals surface area contributed by atoms with E-state index in [1.165, 1.54) is 0 Å². The van der Waals surface area contributed by atoms with Crippen LogP contribution in [0.3, 0.4) is 0 Å². The van der Waals surface area contributed by atoms with E-state index in [1.807, 2.05) is 24.0 Å². The first-order chi connectivity index (χ1) is 10.1. The Labute approximate surface area is 124 Å². The molecule has 0 aliphatic heterocycles. The summed E-state index contributed by atoms with van der Waals surface area (Å²) in [4.78, 5) is 6.20. The highest BCUT2D eigenvalue weighted by Gasteiger charge is 2.13. The van der Waals surface area contributed by atoms with Crippen molar-refractivity contribution in [3.05, 3.63) is 41.5 Å². The minimum atomic E-state index is -0.114. The van der Waals surface area contributed by atoms with E-state index in [2.05, 4.69) is 15.0 Å². The maximum atomic E-state index is 10.1. The van der Waals surface area contributed by atoms with Gasteiger partial charge in [0.15, 0.2) is 0 Å². The molecule has 0 fully saturated rings. The maximum Gasteiger partial charge on any atom is 0.141 e. The number of hydrogen-bond donors (Lipinski definition) is 2. The van der Waals surface area contributed by atoms with Gasteiger partial charge in [0.2, 0.25) is 0 Å². The molecule has 0 amide bonds. The first kappa shape index (κ1) is 15.5. The normalized spacial score (nSPS) is 11.2. The van der Waals surface area contributed by atoms with Crippen molar-refractivity contribution in [2.75, 3.05) is 13.6 Å². The van der Waals surface area contributed by atoms with Gasteiger partial charge in [-0.3, -0.25) is 9.67 Å². The minimum absolute atomic E-state index is 0.114.